The Morgan fingerprint density at radius 2 is 2.22 bits per heavy atom. The van der Waals surface area contributed by atoms with Gasteiger partial charge in [-0.05, 0) is 35.0 Å². The second kappa shape index (κ2) is 5.39. The molecule has 1 N–H and O–H groups in total. The molecule has 0 atom stereocenters. The number of hydrogen-bond donors (Lipinski definition) is 1. The molecule has 18 heavy (non-hydrogen) atoms. The topological polar surface area (TPSA) is 52.0 Å². The van der Waals surface area contributed by atoms with Crippen LogP contribution in [-0.4, -0.2) is 21.9 Å². The smallest absolute Gasteiger partial charge is 0.216 e. The van der Waals surface area contributed by atoms with Gasteiger partial charge >= 0.3 is 0 Å². The highest BCUT2D eigenvalue weighted by atomic mass is 79.9. The molecular weight excluding hydrogens is 296 g/mol. The highest BCUT2D eigenvalue weighted by Gasteiger charge is 2.13. The van der Waals surface area contributed by atoms with Crippen molar-refractivity contribution in [1.82, 2.24) is 14.8 Å². The van der Waals surface area contributed by atoms with E-state index >= 15 is 0 Å². The van der Waals surface area contributed by atoms with E-state index in [1.807, 2.05) is 26.1 Å². The third-order valence-electron chi connectivity index (χ3n) is 2.68. The number of nitrogens with zero attached hydrogens (tertiary/aromatic N) is 3. The Hall–Kier alpha value is -1.56. The monoisotopic (exact) mass is 310 g/mol. The van der Waals surface area contributed by atoms with Crippen LogP contribution in [0.5, 0.6) is 5.88 Å². The van der Waals surface area contributed by atoms with E-state index in [1.165, 1.54) is 0 Å². The van der Waals surface area contributed by atoms with Crippen molar-refractivity contribution in [2.45, 2.75) is 13.5 Å². The number of rotatable bonds is 4. The van der Waals surface area contributed by atoms with Gasteiger partial charge in [-0.2, -0.15) is 5.10 Å². The van der Waals surface area contributed by atoms with Crippen molar-refractivity contribution >= 4 is 21.6 Å². The molecule has 2 rings (SSSR count). The normalized spacial score (nSPS) is 10.4. The van der Waals surface area contributed by atoms with Gasteiger partial charge in [-0.25, -0.2) is 9.67 Å². The molecule has 5 nitrogen and oxygen atoms in total. The molecule has 0 amide bonds. The van der Waals surface area contributed by atoms with Crippen LogP contribution in [0.4, 0.5) is 5.69 Å². The van der Waals surface area contributed by atoms with E-state index in [-0.39, 0.29) is 0 Å². The predicted molar refractivity (Wildman–Crippen MR) is 73.8 cm³/mol. The summed E-state index contributed by atoms with van der Waals surface area (Å²) < 4.78 is 7.91. The van der Waals surface area contributed by atoms with Crippen LogP contribution in [0, 0.1) is 6.92 Å². The zero-order valence-corrected chi connectivity index (χ0v) is 12.2. The van der Waals surface area contributed by atoms with E-state index in [4.69, 9.17) is 4.74 Å². The summed E-state index contributed by atoms with van der Waals surface area (Å²) in [5, 5.41) is 7.64. The fourth-order valence-corrected chi connectivity index (χ4v) is 2.05. The molecule has 6 heteroatoms. The second-order valence-electron chi connectivity index (χ2n) is 3.92. The maximum absolute atomic E-state index is 5.34. The molecule has 96 valence electrons. The number of aryl methyl sites for hydroxylation is 2. The summed E-state index contributed by atoms with van der Waals surface area (Å²) >= 11 is 3.31. The van der Waals surface area contributed by atoms with Crippen LogP contribution in [0.15, 0.2) is 22.9 Å². The lowest BCUT2D eigenvalue weighted by Gasteiger charge is -2.07. The number of halogens is 1. The van der Waals surface area contributed by atoms with Gasteiger partial charge in [0.2, 0.25) is 5.88 Å². The molecule has 2 aromatic heterocycles. The maximum Gasteiger partial charge on any atom is 0.216 e. The average molecular weight is 311 g/mol. The van der Waals surface area contributed by atoms with Crippen LogP contribution in [-0.2, 0) is 13.6 Å². The Bertz CT molecular complexity index is 536. The van der Waals surface area contributed by atoms with Crippen LogP contribution >= 0.6 is 15.9 Å². The molecule has 2 aromatic rings. The van der Waals surface area contributed by atoms with Gasteiger partial charge in [-0.3, -0.25) is 0 Å². The number of pyridine rings is 1. The van der Waals surface area contributed by atoms with Crippen molar-refractivity contribution in [3.63, 3.8) is 0 Å². The van der Waals surface area contributed by atoms with Gasteiger partial charge in [0, 0.05) is 13.6 Å². The Kier molecular flexibility index (Phi) is 3.86. The molecule has 0 fully saturated rings. The number of aromatic nitrogens is 3. The minimum Gasteiger partial charge on any atom is -0.481 e. The van der Waals surface area contributed by atoms with Gasteiger partial charge in [0.15, 0.2) is 0 Å². The maximum atomic E-state index is 5.34. The van der Waals surface area contributed by atoms with Gasteiger partial charge in [0.1, 0.15) is 4.60 Å². The first-order valence-corrected chi connectivity index (χ1v) is 6.33. The van der Waals surface area contributed by atoms with E-state index < -0.39 is 0 Å². The van der Waals surface area contributed by atoms with Crippen molar-refractivity contribution < 1.29 is 4.74 Å². The van der Waals surface area contributed by atoms with Gasteiger partial charge < -0.3 is 10.1 Å². The zero-order chi connectivity index (χ0) is 13.1. The summed E-state index contributed by atoms with van der Waals surface area (Å²) in [6.45, 7) is 2.63. The minimum absolute atomic E-state index is 0.659. The zero-order valence-electron chi connectivity index (χ0n) is 10.6. The molecule has 0 bridgehead atoms. The van der Waals surface area contributed by atoms with Gasteiger partial charge in [0.25, 0.3) is 0 Å². The Morgan fingerprint density at radius 1 is 1.44 bits per heavy atom. The molecule has 0 saturated carbocycles. The molecule has 0 radical (unpaired) electrons. The fourth-order valence-electron chi connectivity index (χ4n) is 1.81. The molecule has 0 aliphatic heterocycles. The number of hydrogen-bond acceptors (Lipinski definition) is 4. The number of anilines is 1. The lowest BCUT2D eigenvalue weighted by Crippen LogP contribution is -2.03. The van der Waals surface area contributed by atoms with Crippen LogP contribution in [0.1, 0.15) is 11.3 Å². The van der Waals surface area contributed by atoms with Crippen molar-refractivity contribution in [1.29, 1.82) is 0 Å². The molecular formula is C12H15BrN4O. The lowest BCUT2D eigenvalue weighted by molar-refractivity contribution is 0.370. The third kappa shape index (κ3) is 2.64. The molecule has 0 aliphatic carbocycles. The number of methoxy groups -OCH3 is 1. The highest BCUT2D eigenvalue weighted by Crippen LogP contribution is 2.22. The lowest BCUT2D eigenvalue weighted by atomic mass is 10.2. The average Bonchev–Trinajstić information content (AvgIpc) is 2.62. The summed E-state index contributed by atoms with van der Waals surface area (Å²) in [6, 6.07) is 3.87. The first-order chi connectivity index (χ1) is 8.61. The molecule has 2 heterocycles. The highest BCUT2D eigenvalue weighted by molar-refractivity contribution is 9.10. The molecule has 0 spiro atoms. The fraction of sp³-hybridized carbons (Fsp3) is 0.333. The first kappa shape index (κ1) is 12.9. The minimum atomic E-state index is 0.659. The van der Waals surface area contributed by atoms with Crippen molar-refractivity contribution in [2.75, 3.05) is 12.4 Å². The molecule has 0 saturated heterocycles. The summed E-state index contributed by atoms with van der Waals surface area (Å²) in [5.74, 6) is 0.782. The first-order valence-electron chi connectivity index (χ1n) is 5.53. The van der Waals surface area contributed by atoms with Gasteiger partial charge in [-0.15, -0.1) is 0 Å². The summed E-state index contributed by atoms with van der Waals surface area (Å²) in [6.07, 6.45) is 1.78. The second-order valence-corrected chi connectivity index (χ2v) is 4.73. The van der Waals surface area contributed by atoms with Crippen LogP contribution in [0.3, 0.4) is 0 Å². The third-order valence-corrected chi connectivity index (χ3v) is 3.15. The quantitative estimate of drug-likeness (QED) is 0.882. The number of nitrogens with one attached hydrogen (secondary N) is 1. The number of ether oxygens (including phenoxy) is 1. The van der Waals surface area contributed by atoms with Gasteiger partial charge in [-0.1, -0.05) is 0 Å². The largest absolute Gasteiger partial charge is 0.481 e. The van der Waals surface area contributed by atoms with E-state index in [9.17, 15) is 0 Å². The van der Waals surface area contributed by atoms with E-state index in [1.54, 1.807) is 18.0 Å². The van der Waals surface area contributed by atoms with Crippen LogP contribution < -0.4 is 10.1 Å². The van der Waals surface area contributed by atoms with Crippen LogP contribution in [0.25, 0.3) is 0 Å². The van der Waals surface area contributed by atoms with Crippen LogP contribution in [0.2, 0.25) is 0 Å². The van der Waals surface area contributed by atoms with Crippen molar-refractivity contribution in [2.24, 2.45) is 7.05 Å². The summed E-state index contributed by atoms with van der Waals surface area (Å²) in [4.78, 5) is 4.16. The van der Waals surface area contributed by atoms with E-state index in [2.05, 4.69) is 31.3 Å². The Labute approximate surface area is 114 Å². The standard InChI is InChI=1S/C12H15BrN4O/c1-8-10(12(18-3)17(2)16-8)7-14-9-4-5-11(13)15-6-9/h4-6,14H,7H2,1-3H3. The molecule has 0 aliphatic rings. The van der Waals surface area contributed by atoms with Crippen molar-refractivity contribution in [3.8, 4) is 5.88 Å². The summed E-state index contributed by atoms with van der Waals surface area (Å²) in [7, 11) is 3.53. The molecule has 0 unspecified atom stereocenters. The molecule has 0 aromatic carbocycles. The van der Waals surface area contributed by atoms with E-state index in [0.29, 0.717) is 6.54 Å². The Morgan fingerprint density at radius 3 is 2.83 bits per heavy atom. The Balaban J connectivity index is 2.12. The van der Waals surface area contributed by atoms with E-state index in [0.717, 1.165) is 27.4 Å². The van der Waals surface area contributed by atoms with Crippen molar-refractivity contribution in [3.05, 3.63) is 34.2 Å². The van der Waals surface area contributed by atoms with Gasteiger partial charge in [0.05, 0.1) is 30.3 Å². The predicted octanol–water partition coefficient (Wildman–Crippen LogP) is 2.51. The SMILES string of the molecule is COc1c(CNc2ccc(Br)nc2)c(C)nn1C. The summed E-state index contributed by atoms with van der Waals surface area (Å²) in [5.41, 5.74) is 2.98.